The molecule has 0 N–H and O–H groups in total. The molecule has 1 spiro atoms. The lowest BCUT2D eigenvalue weighted by Gasteiger charge is -2.38. The van der Waals surface area contributed by atoms with E-state index in [-0.39, 0.29) is 23.0 Å². The number of aromatic nitrogens is 2. The summed E-state index contributed by atoms with van der Waals surface area (Å²) in [5, 5.41) is 5.50. The molecule has 0 radical (unpaired) electrons. The first-order chi connectivity index (χ1) is 12.5. The first-order valence-corrected chi connectivity index (χ1v) is 9.47. The van der Waals surface area contributed by atoms with Crippen molar-refractivity contribution in [3.63, 3.8) is 0 Å². The summed E-state index contributed by atoms with van der Waals surface area (Å²) in [6.45, 7) is 2.35. The maximum Gasteiger partial charge on any atom is 0.275 e. The third-order valence-corrected chi connectivity index (χ3v) is 5.86. The summed E-state index contributed by atoms with van der Waals surface area (Å²) in [4.78, 5) is 28.5. The highest BCUT2D eigenvalue weighted by Gasteiger charge is 2.45. The molecule has 0 atom stereocenters. The lowest BCUT2D eigenvalue weighted by atomic mass is 9.77. The third-order valence-electron chi connectivity index (χ3n) is 5.36. The Morgan fingerprint density at radius 3 is 2.81 bits per heavy atom. The van der Waals surface area contributed by atoms with Crippen LogP contribution in [0.5, 0.6) is 0 Å². The zero-order valence-corrected chi connectivity index (χ0v) is 15.0. The number of likely N-dealkylation sites (tertiary alicyclic amines) is 2. The second-order valence-corrected chi connectivity index (χ2v) is 7.75. The molecule has 8 heteroatoms. The lowest BCUT2D eigenvalue weighted by Crippen LogP contribution is -2.44. The van der Waals surface area contributed by atoms with Crippen molar-refractivity contribution in [3.8, 4) is 0 Å². The van der Waals surface area contributed by atoms with Crippen molar-refractivity contribution in [2.75, 3.05) is 19.6 Å². The number of amides is 2. The highest BCUT2D eigenvalue weighted by atomic mass is 32.1. The molecule has 3 heterocycles. The molecule has 0 saturated carbocycles. The zero-order chi connectivity index (χ0) is 18.1. The molecule has 2 aliphatic rings. The van der Waals surface area contributed by atoms with Gasteiger partial charge < -0.3 is 9.80 Å². The van der Waals surface area contributed by atoms with E-state index < -0.39 is 0 Å². The van der Waals surface area contributed by atoms with E-state index in [9.17, 15) is 14.0 Å². The Bertz CT molecular complexity index is 818. The summed E-state index contributed by atoms with van der Waals surface area (Å²) < 4.78 is 17.1. The van der Waals surface area contributed by atoms with Crippen molar-refractivity contribution in [2.24, 2.45) is 5.41 Å². The Morgan fingerprint density at radius 2 is 2.12 bits per heavy atom. The van der Waals surface area contributed by atoms with Crippen LogP contribution in [0.1, 0.15) is 35.3 Å². The van der Waals surface area contributed by atoms with Crippen LogP contribution in [0.3, 0.4) is 0 Å². The number of carbonyl (C=O) groups is 2. The van der Waals surface area contributed by atoms with Crippen LogP contribution in [0.4, 0.5) is 4.39 Å². The molecule has 6 nitrogen and oxygen atoms in total. The molecule has 2 aliphatic heterocycles. The highest BCUT2D eigenvalue weighted by molar-refractivity contribution is 7.03. The first kappa shape index (κ1) is 17.1. The predicted octanol–water partition coefficient (Wildman–Crippen LogP) is 2.33. The minimum absolute atomic E-state index is 0.0818. The lowest BCUT2D eigenvalue weighted by molar-refractivity contribution is -0.128. The number of hydrogen-bond donors (Lipinski definition) is 0. The number of halogens is 1. The standard InChI is InChI=1S/C18H19FN4O2S/c19-14-3-1-2-13(8-14)10-23-12-18(9-16(23)24)4-6-22(7-5-18)17(25)15-11-26-21-20-15/h1-3,8,11H,4-7,9-10,12H2. The van der Waals surface area contributed by atoms with Gasteiger partial charge in [0.1, 0.15) is 5.82 Å². The van der Waals surface area contributed by atoms with E-state index in [0.717, 1.165) is 18.4 Å². The van der Waals surface area contributed by atoms with Crippen LogP contribution < -0.4 is 0 Å². The third kappa shape index (κ3) is 3.33. The number of piperidine rings is 1. The van der Waals surface area contributed by atoms with Gasteiger partial charge in [-0.25, -0.2) is 4.39 Å². The van der Waals surface area contributed by atoms with E-state index in [1.54, 1.807) is 16.3 Å². The molecule has 0 bridgehead atoms. The van der Waals surface area contributed by atoms with Gasteiger partial charge in [0, 0.05) is 43.4 Å². The van der Waals surface area contributed by atoms with Gasteiger partial charge in [0.25, 0.3) is 5.91 Å². The van der Waals surface area contributed by atoms with E-state index in [1.807, 2.05) is 11.0 Å². The summed E-state index contributed by atoms with van der Waals surface area (Å²) in [6, 6.07) is 6.38. The first-order valence-electron chi connectivity index (χ1n) is 8.63. The predicted molar refractivity (Wildman–Crippen MR) is 93.9 cm³/mol. The topological polar surface area (TPSA) is 66.4 Å². The van der Waals surface area contributed by atoms with Gasteiger partial charge in [-0.2, -0.15) is 0 Å². The molecular formula is C18H19FN4O2S. The Labute approximate surface area is 154 Å². The van der Waals surface area contributed by atoms with E-state index in [4.69, 9.17) is 0 Å². The molecule has 1 aromatic carbocycles. The molecule has 2 amide bonds. The van der Waals surface area contributed by atoms with Crippen LogP contribution in [0, 0.1) is 11.2 Å². The van der Waals surface area contributed by atoms with Gasteiger partial charge in [0.2, 0.25) is 5.91 Å². The van der Waals surface area contributed by atoms with Crippen molar-refractivity contribution in [3.05, 3.63) is 46.7 Å². The van der Waals surface area contributed by atoms with Gasteiger partial charge >= 0.3 is 0 Å². The van der Waals surface area contributed by atoms with Crippen LogP contribution in [-0.2, 0) is 11.3 Å². The maximum atomic E-state index is 13.4. The Morgan fingerprint density at radius 1 is 1.31 bits per heavy atom. The Kier molecular flexibility index (Phi) is 4.44. The van der Waals surface area contributed by atoms with Crippen molar-refractivity contribution >= 4 is 23.3 Å². The normalized spacial score (nSPS) is 19.3. The van der Waals surface area contributed by atoms with E-state index in [0.29, 0.717) is 38.3 Å². The Hall–Kier alpha value is -2.35. The SMILES string of the molecule is O=C1CC2(CCN(C(=O)c3csnn3)CC2)CN1Cc1cccc(F)c1. The molecule has 4 rings (SSSR count). The van der Waals surface area contributed by atoms with Crippen molar-refractivity contribution in [2.45, 2.75) is 25.8 Å². The van der Waals surface area contributed by atoms with Gasteiger partial charge in [0.15, 0.2) is 5.69 Å². The van der Waals surface area contributed by atoms with E-state index in [1.165, 1.54) is 23.7 Å². The number of benzene rings is 1. The van der Waals surface area contributed by atoms with Crippen LogP contribution in [0.25, 0.3) is 0 Å². The fourth-order valence-electron chi connectivity index (χ4n) is 3.92. The number of rotatable bonds is 3. The molecule has 26 heavy (non-hydrogen) atoms. The quantitative estimate of drug-likeness (QED) is 0.827. The van der Waals surface area contributed by atoms with Crippen molar-refractivity contribution in [1.29, 1.82) is 0 Å². The van der Waals surface area contributed by atoms with E-state index >= 15 is 0 Å². The average molecular weight is 374 g/mol. The monoisotopic (exact) mass is 374 g/mol. The fraction of sp³-hybridized carbons (Fsp3) is 0.444. The highest BCUT2D eigenvalue weighted by Crippen LogP contribution is 2.41. The number of carbonyl (C=O) groups excluding carboxylic acids is 2. The van der Waals surface area contributed by atoms with E-state index in [2.05, 4.69) is 9.59 Å². The summed E-state index contributed by atoms with van der Waals surface area (Å²) in [5.41, 5.74) is 1.11. The molecule has 2 saturated heterocycles. The van der Waals surface area contributed by atoms with Gasteiger partial charge in [-0.15, -0.1) is 5.10 Å². The second-order valence-electron chi connectivity index (χ2n) is 7.14. The molecular weight excluding hydrogens is 355 g/mol. The summed E-state index contributed by atoms with van der Waals surface area (Å²) in [5.74, 6) is -0.264. The molecule has 136 valence electrons. The molecule has 0 aliphatic carbocycles. The van der Waals surface area contributed by atoms with Crippen LogP contribution >= 0.6 is 11.5 Å². The molecule has 2 aromatic rings. The van der Waals surface area contributed by atoms with Gasteiger partial charge in [-0.1, -0.05) is 16.6 Å². The fourth-order valence-corrected chi connectivity index (χ4v) is 4.35. The van der Waals surface area contributed by atoms with Crippen molar-refractivity contribution in [1.82, 2.24) is 19.4 Å². The zero-order valence-electron chi connectivity index (χ0n) is 14.2. The Balaban J connectivity index is 1.38. The minimum atomic E-state index is -0.285. The number of hydrogen-bond acceptors (Lipinski definition) is 5. The maximum absolute atomic E-state index is 13.4. The smallest absolute Gasteiger partial charge is 0.275 e. The minimum Gasteiger partial charge on any atom is -0.338 e. The van der Waals surface area contributed by atoms with Gasteiger partial charge in [-0.05, 0) is 42.1 Å². The van der Waals surface area contributed by atoms with Crippen LogP contribution in [0.15, 0.2) is 29.6 Å². The van der Waals surface area contributed by atoms with Crippen LogP contribution in [-0.4, -0.2) is 50.8 Å². The summed E-state index contributed by atoms with van der Waals surface area (Å²) in [6.07, 6.45) is 2.09. The largest absolute Gasteiger partial charge is 0.338 e. The second kappa shape index (κ2) is 6.75. The van der Waals surface area contributed by atoms with Crippen molar-refractivity contribution < 1.29 is 14.0 Å². The molecule has 0 unspecified atom stereocenters. The van der Waals surface area contributed by atoms with Gasteiger partial charge in [0.05, 0.1) is 0 Å². The summed E-state index contributed by atoms with van der Waals surface area (Å²) in [7, 11) is 0. The average Bonchev–Trinajstić information content (AvgIpc) is 3.24. The van der Waals surface area contributed by atoms with Crippen LogP contribution in [0.2, 0.25) is 0 Å². The number of nitrogens with zero attached hydrogens (tertiary/aromatic N) is 4. The summed E-state index contributed by atoms with van der Waals surface area (Å²) >= 11 is 1.17. The molecule has 1 aromatic heterocycles. The van der Waals surface area contributed by atoms with Gasteiger partial charge in [-0.3, -0.25) is 9.59 Å². The molecule has 2 fully saturated rings.